The smallest absolute Gasteiger partial charge is 0.120 e. The second kappa shape index (κ2) is 4.86. The minimum Gasteiger partial charge on any atom is -0.490 e. The van der Waals surface area contributed by atoms with E-state index in [1.165, 1.54) is 19.3 Å². The summed E-state index contributed by atoms with van der Waals surface area (Å²) in [6, 6.07) is 7.98. The molecule has 0 heterocycles. The van der Waals surface area contributed by atoms with Crippen LogP contribution in [0.15, 0.2) is 28.7 Å². The van der Waals surface area contributed by atoms with E-state index in [1.54, 1.807) is 0 Å². The van der Waals surface area contributed by atoms with Crippen LogP contribution in [-0.2, 0) is 0 Å². The maximum absolute atomic E-state index is 10.1. The van der Waals surface area contributed by atoms with Crippen molar-refractivity contribution in [3.05, 3.63) is 28.7 Å². The van der Waals surface area contributed by atoms with Gasteiger partial charge >= 0.3 is 0 Å². The number of halogens is 1. The van der Waals surface area contributed by atoms with Gasteiger partial charge in [-0.1, -0.05) is 41.3 Å². The molecule has 1 spiro atoms. The van der Waals surface area contributed by atoms with Crippen molar-refractivity contribution in [1.82, 2.24) is 0 Å². The molecule has 2 aliphatic rings. The third-order valence-electron chi connectivity index (χ3n) is 4.60. The van der Waals surface area contributed by atoms with Gasteiger partial charge in [0.25, 0.3) is 0 Å². The van der Waals surface area contributed by atoms with E-state index in [0.717, 1.165) is 29.5 Å². The number of hydrogen-bond acceptors (Lipinski definition) is 2. The van der Waals surface area contributed by atoms with Crippen molar-refractivity contribution in [3.8, 4) is 5.75 Å². The fourth-order valence-electron chi connectivity index (χ4n) is 3.46. The van der Waals surface area contributed by atoms with Crippen molar-refractivity contribution >= 4 is 15.9 Å². The molecule has 1 aromatic carbocycles. The molecule has 2 fully saturated rings. The van der Waals surface area contributed by atoms with Crippen molar-refractivity contribution in [2.75, 3.05) is 0 Å². The first-order chi connectivity index (χ1) is 8.71. The van der Waals surface area contributed by atoms with Crippen molar-refractivity contribution in [1.29, 1.82) is 0 Å². The molecule has 0 aliphatic heterocycles. The van der Waals surface area contributed by atoms with Gasteiger partial charge in [-0.25, -0.2) is 0 Å². The fraction of sp³-hybridized carbons (Fsp3) is 0.600. The van der Waals surface area contributed by atoms with E-state index in [9.17, 15) is 5.11 Å². The normalized spacial score (nSPS) is 29.9. The first-order valence-electron chi connectivity index (χ1n) is 6.81. The summed E-state index contributed by atoms with van der Waals surface area (Å²) in [5.41, 5.74) is 0.0422. The molecule has 1 aromatic rings. The predicted molar refractivity (Wildman–Crippen MR) is 74.7 cm³/mol. The highest BCUT2D eigenvalue weighted by molar-refractivity contribution is 9.10. The summed E-state index contributed by atoms with van der Waals surface area (Å²) in [5.74, 6) is 0.909. The summed E-state index contributed by atoms with van der Waals surface area (Å²) in [7, 11) is 0. The Balaban J connectivity index is 1.73. The van der Waals surface area contributed by atoms with Gasteiger partial charge in [-0.05, 0) is 31.0 Å². The minimum absolute atomic E-state index is 0.0422. The molecule has 0 amide bonds. The summed E-state index contributed by atoms with van der Waals surface area (Å²) >= 11 is 3.46. The second-order valence-electron chi connectivity index (χ2n) is 5.61. The molecule has 2 saturated carbocycles. The van der Waals surface area contributed by atoms with Gasteiger partial charge < -0.3 is 9.84 Å². The predicted octanol–water partition coefficient (Wildman–Crippen LogP) is 3.91. The number of hydrogen-bond donors (Lipinski definition) is 1. The van der Waals surface area contributed by atoms with E-state index < -0.39 is 0 Å². The Morgan fingerprint density at radius 1 is 1.22 bits per heavy atom. The molecule has 0 radical (unpaired) electrons. The topological polar surface area (TPSA) is 29.5 Å². The van der Waals surface area contributed by atoms with Gasteiger partial charge in [0.05, 0.1) is 6.10 Å². The van der Waals surface area contributed by atoms with Crippen LogP contribution in [0.5, 0.6) is 5.75 Å². The first kappa shape index (κ1) is 12.5. The average Bonchev–Trinajstić information content (AvgIpc) is 2.39. The van der Waals surface area contributed by atoms with Crippen LogP contribution in [0.2, 0.25) is 0 Å². The van der Waals surface area contributed by atoms with Crippen molar-refractivity contribution in [2.45, 2.75) is 50.7 Å². The monoisotopic (exact) mass is 310 g/mol. The van der Waals surface area contributed by atoms with Crippen LogP contribution in [0.1, 0.15) is 38.5 Å². The summed E-state index contributed by atoms with van der Waals surface area (Å²) in [6.45, 7) is 0. The summed E-state index contributed by atoms with van der Waals surface area (Å²) < 4.78 is 7.14. The van der Waals surface area contributed by atoms with Crippen LogP contribution < -0.4 is 4.74 Å². The van der Waals surface area contributed by atoms with Crippen LogP contribution in [0, 0.1) is 5.41 Å². The molecule has 2 atom stereocenters. The minimum atomic E-state index is -0.157. The molecule has 2 unspecified atom stereocenters. The van der Waals surface area contributed by atoms with Gasteiger partial charge in [0.15, 0.2) is 0 Å². The molecule has 0 bridgehead atoms. The third-order valence-corrected chi connectivity index (χ3v) is 5.09. The lowest BCUT2D eigenvalue weighted by Crippen LogP contribution is -2.60. The lowest BCUT2D eigenvalue weighted by atomic mass is 9.56. The highest BCUT2D eigenvalue weighted by Gasteiger charge is 2.56. The largest absolute Gasteiger partial charge is 0.490 e. The molecule has 0 aromatic heterocycles. The molecule has 3 rings (SSSR count). The third kappa shape index (κ3) is 2.08. The van der Waals surface area contributed by atoms with Gasteiger partial charge in [-0.15, -0.1) is 0 Å². The fourth-order valence-corrected chi connectivity index (χ4v) is 3.84. The zero-order chi connectivity index (χ0) is 12.6. The lowest BCUT2D eigenvalue weighted by Gasteiger charge is -2.55. The van der Waals surface area contributed by atoms with E-state index in [-0.39, 0.29) is 17.6 Å². The van der Waals surface area contributed by atoms with Gasteiger partial charge in [-0.2, -0.15) is 0 Å². The van der Waals surface area contributed by atoms with Crippen LogP contribution in [0.4, 0.5) is 0 Å². The Kier molecular flexibility index (Phi) is 3.37. The summed E-state index contributed by atoms with van der Waals surface area (Å²) in [5, 5.41) is 10.1. The maximum Gasteiger partial charge on any atom is 0.120 e. The highest BCUT2D eigenvalue weighted by Crippen LogP contribution is 2.53. The number of rotatable bonds is 2. The SMILES string of the molecule is OC1CC(Oc2cccc(Br)c2)C12CCCCC2. The summed E-state index contributed by atoms with van der Waals surface area (Å²) in [6.07, 6.45) is 6.83. The molecule has 2 nitrogen and oxygen atoms in total. The zero-order valence-corrected chi connectivity index (χ0v) is 12.0. The Hall–Kier alpha value is -0.540. The van der Waals surface area contributed by atoms with Gasteiger partial charge in [0, 0.05) is 16.3 Å². The van der Waals surface area contributed by atoms with E-state index in [4.69, 9.17) is 4.74 Å². The van der Waals surface area contributed by atoms with Gasteiger partial charge in [0.2, 0.25) is 0 Å². The molecule has 2 aliphatic carbocycles. The zero-order valence-electron chi connectivity index (χ0n) is 10.4. The number of benzene rings is 1. The lowest BCUT2D eigenvalue weighted by molar-refractivity contribution is -0.172. The molecule has 98 valence electrons. The van der Waals surface area contributed by atoms with Gasteiger partial charge in [-0.3, -0.25) is 0 Å². The number of aliphatic hydroxyl groups is 1. The highest BCUT2D eigenvalue weighted by atomic mass is 79.9. The van der Waals surface area contributed by atoms with Crippen LogP contribution in [0.25, 0.3) is 0 Å². The van der Waals surface area contributed by atoms with Crippen LogP contribution >= 0.6 is 15.9 Å². The molecular formula is C15H19BrO2. The maximum atomic E-state index is 10.1. The Bertz CT molecular complexity index is 426. The number of ether oxygens (including phenoxy) is 1. The second-order valence-corrected chi connectivity index (χ2v) is 6.52. The first-order valence-corrected chi connectivity index (χ1v) is 7.60. The Labute approximate surface area is 116 Å². The van der Waals surface area contributed by atoms with Crippen LogP contribution in [-0.4, -0.2) is 17.3 Å². The quantitative estimate of drug-likeness (QED) is 0.897. The van der Waals surface area contributed by atoms with E-state index in [0.29, 0.717) is 0 Å². The standard InChI is InChI=1S/C15H19BrO2/c16-11-5-4-6-12(9-11)18-14-10-13(17)15(14)7-2-1-3-8-15/h4-6,9,13-14,17H,1-3,7-8,10H2. The summed E-state index contributed by atoms with van der Waals surface area (Å²) in [4.78, 5) is 0. The van der Waals surface area contributed by atoms with E-state index in [1.807, 2.05) is 24.3 Å². The number of aliphatic hydroxyl groups excluding tert-OH is 1. The molecule has 1 N–H and O–H groups in total. The van der Waals surface area contributed by atoms with Crippen LogP contribution in [0.3, 0.4) is 0 Å². The van der Waals surface area contributed by atoms with Crippen molar-refractivity contribution in [2.24, 2.45) is 5.41 Å². The molecule has 18 heavy (non-hydrogen) atoms. The Morgan fingerprint density at radius 3 is 2.67 bits per heavy atom. The van der Waals surface area contributed by atoms with E-state index in [2.05, 4.69) is 15.9 Å². The van der Waals surface area contributed by atoms with Crippen molar-refractivity contribution in [3.63, 3.8) is 0 Å². The Morgan fingerprint density at radius 2 is 2.00 bits per heavy atom. The van der Waals surface area contributed by atoms with E-state index >= 15 is 0 Å². The molecular weight excluding hydrogens is 292 g/mol. The average molecular weight is 311 g/mol. The van der Waals surface area contributed by atoms with Crippen molar-refractivity contribution < 1.29 is 9.84 Å². The van der Waals surface area contributed by atoms with Gasteiger partial charge in [0.1, 0.15) is 11.9 Å². The molecule has 0 saturated heterocycles. The molecule has 3 heteroatoms.